The lowest BCUT2D eigenvalue weighted by Gasteiger charge is -2.13. The van der Waals surface area contributed by atoms with Crippen molar-refractivity contribution < 1.29 is 14.4 Å². The lowest BCUT2D eigenvalue weighted by atomic mass is 10.2. The van der Waals surface area contributed by atoms with Gasteiger partial charge < -0.3 is 4.74 Å². The van der Waals surface area contributed by atoms with Crippen LogP contribution in [0.4, 0.5) is 0 Å². The van der Waals surface area contributed by atoms with Gasteiger partial charge in [0.2, 0.25) is 5.88 Å². The highest BCUT2D eigenvalue weighted by atomic mass is 16.7. The van der Waals surface area contributed by atoms with Crippen molar-refractivity contribution in [1.82, 2.24) is 10.0 Å². The summed E-state index contributed by atoms with van der Waals surface area (Å²) in [5, 5.41) is 1.14. The highest BCUT2D eigenvalue weighted by Crippen LogP contribution is 2.19. The molecule has 0 saturated heterocycles. The van der Waals surface area contributed by atoms with Gasteiger partial charge in [0.15, 0.2) is 0 Å². The van der Waals surface area contributed by atoms with Crippen LogP contribution in [0.3, 0.4) is 0 Å². The van der Waals surface area contributed by atoms with Gasteiger partial charge >= 0.3 is 0 Å². The number of carbonyl (C=O) groups excluding carboxylic acids is 1. The molecule has 5 heteroatoms. The van der Waals surface area contributed by atoms with E-state index in [2.05, 4.69) is 4.98 Å². The van der Waals surface area contributed by atoms with Crippen molar-refractivity contribution >= 4 is 5.91 Å². The summed E-state index contributed by atoms with van der Waals surface area (Å²) in [5.41, 5.74) is 0.449. The van der Waals surface area contributed by atoms with Gasteiger partial charge in [-0.3, -0.25) is 9.63 Å². The normalized spacial score (nSPS) is 10.0. The first-order valence-corrected chi connectivity index (χ1v) is 5.72. The third-order valence-corrected chi connectivity index (χ3v) is 2.51. The average molecular weight is 258 g/mol. The van der Waals surface area contributed by atoms with Gasteiger partial charge in [-0.05, 0) is 18.2 Å². The summed E-state index contributed by atoms with van der Waals surface area (Å²) < 4.78 is 5.56. The minimum Gasteiger partial charge on any atom is -0.439 e. The number of hydrogen-bond acceptors (Lipinski definition) is 4. The van der Waals surface area contributed by atoms with Crippen LogP contribution >= 0.6 is 0 Å². The number of ether oxygens (including phenoxy) is 1. The van der Waals surface area contributed by atoms with Crippen molar-refractivity contribution in [3.63, 3.8) is 0 Å². The Kier molecular flexibility index (Phi) is 4.10. The second-order valence-electron chi connectivity index (χ2n) is 3.78. The summed E-state index contributed by atoms with van der Waals surface area (Å²) >= 11 is 0. The number of benzene rings is 1. The second-order valence-corrected chi connectivity index (χ2v) is 3.78. The number of amides is 1. The van der Waals surface area contributed by atoms with Crippen molar-refractivity contribution in [2.24, 2.45) is 0 Å². The van der Waals surface area contributed by atoms with Gasteiger partial charge in [-0.1, -0.05) is 18.2 Å². The first kappa shape index (κ1) is 13.0. The molecule has 1 aromatic heterocycles. The van der Waals surface area contributed by atoms with Crippen LogP contribution in [0, 0.1) is 0 Å². The van der Waals surface area contributed by atoms with Gasteiger partial charge in [-0.15, -0.1) is 0 Å². The van der Waals surface area contributed by atoms with Crippen LogP contribution in [0.5, 0.6) is 11.6 Å². The lowest BCUT2D eigenvalue weighted by Crippen LogP contribution is -2.25. The van der Waals surface area contributed by atoms with Crippen molar-refractivity contribution in [3.05, 3.63) is 54.2 Å². The van der Waals surface area contributed by atoms with Crippen LogP contribution in [0.15, 0.2) is 48.7 Å². The SMILES string of the molecule is CON(C)C(=O)c1ccnc(Oc2ccccc2)c1. The quantitative estimate of drug-likeness (QED) is 0.791. The predicted octanol–water partition coefficient (Wildman–Crippen LogP) is 2.51. The predicted molar refractivity (Wildman–Crippen MR) is 69.9 cm³/mol. The van der Waals surface area contributed by atoms with Crippen LogP contribution in [-0.2, 0) is 4.84 Å². The van der Waals surface area contributed by atoms with E-state index in [1.807, 2.05) is 30.3 Å². The molecule has 2 aromatic rings. The van der Waals surface area contributed by atoms with Crippen molar-refractivity contribution in [1.29, 1.82) is 0 Å². The van der Waals surface area contributed by atoms with E-state index >= 15 is 0 Å². The number of hydrogen-bond donors (Lipinski definition) is 0. The fraction of sp³-hybridized carbons (Fsp3) is 0.143. The maximum absolute atomic E-state index is 11.9. The van der Waals surface area contributed by atoms with Crippen LogP contribution in [0.25, 0.3) is 0 Å². The highest BCUT2D eigenvalue weighted by Gasteiger charge is 2.12. The lowest BCUT2D eigenvalue weighted by molar-refractivity contribution is -0.0757. The molecule has 1 aromatic carbocycles. The standard InChI is InChI=1S/C14H14N2O3/c1-16(18-2)14(17)11-8-9-15-13(10-11)19-12-6-4-3-5-7-12/h3-10H,1-2H3. The molecule has 0 bridgehead atoms. The highest BCUT2D eigenvalue weighted by molar-refractivity contribution is 5.93. The fourth-order valence-electron chi connectivity index (χ4n) is 1.47. The fourth-order valence-corrected chi connectivity index (χ4v) is 1.47. The number of pyridine rings is 1. The molecule has 0 aliphatic carbocycles. The largest absolute Gasteiger partial charge is 0.439 e. The van der Waals surface area contributed by atoms with Gasteiger partial charge in [0.05, 0.1) is 7.11 Å². The van der Waals surface area contributed by atoms with Crippen molar-refractivity contribution in [3.8, 4) is 11.6 Å². The summed E-state index contributed by atoms with van der Waals surface area (Å²) in [6, 6.07) is 12.4. The van der Waals surface area contributed by atoms with Crippen LogP contribution in [0.2, 0.25) is 0 Å². The number of rotatable bonds is 4. The maximum atomic E-state index is 11.9. The monoisotopic (exact) mass is 258 g/mol. The minimum atomic E-state index is -0.261. The Balaban J connectivity index is 2.18. The molecule has 0 aliphatic heterocycles. The number of aromatic nitrogens is 1. The summed E-state index contributed by atoms with van der Waals surface area (Å²) in [4.78, 5) is 20.8. The number of para-hydroxylation sites is 1. The summed E-state index contributed by atoms with van der Waals surface area (Å²) in [6.45, 7) is 0. The van der Waals surface area contributed by atoms with Crippen molar-refractivity contribution in [2.45, 2.75) is 0 Å². The van der Waals surface area contributed by atoms with Gasteiger partial charge in [0.1, 0.15) is 5.75 Å². The van der Waals surface area contributed by atoms with E-state index in [1.165, 1.54) is 13.3 Å². The molecular formula is C14H14N2O3. The maximum Gasteiger partial charge on any atom is 0.277 e. The zero-order valence-electron chi connectivity index (χ0n) is 10.7. The molecule has 0 spiro atoms. The van der Waals surface area contributed by atoms with Gasteiger partial charge in [-0.25, -0.2) is 10.0 Å². The van der Waals surface area contributed by atoms with Gasteiger partial charge in [0, 0.05) is 24.9 Å². The van der Waals surface area contributed by atoms with E-state index in [-0.39, 0.29) is 5.91 Å². The van der Waals surface area contributed by atoms with E-state index in [0.717, 1.165) is 5.06 Å². The Labute approximate surface area is 111 Å². The molecule has 1 heterocycles. The summed E-state index contributed by atoms with van der Waals surface area (Å²) in [7, 11) is 2.97. The Morgan fingerprint density at radius 3 is 2.63 bits per heavy atom. The zero-order valence-corrected chi connectivity index (χ0v) is 10.7. The number of nitrogens with zero attached hydrogens (tertiary/aromatic N) is 2. The Morgan fingerprint density at radius 2 is 1.95 bits per heavy atom. The zero-order chi connectivity index (χ0) is 13.7. The van der Waals surface area contributed by atoms with E-state index in [4.69, 9.17) is 9.57 Å². The first-order chi connectivity index (χ1) is 9.20. The molecule has 0 atom stereocenters. The molecule has 19 heavy (non-hydrogen) atoms. The third kappa shape index (κ3) is 3.29. The third-order valence-electron chi connectivity index (χ3n) is 2.51. The van der Waals surface area contributed by atoms with Gasteiger partial charge in [0.25, 0.3) is 5.91 Å². The molecule has 98 valence electrons. The van der Waals surface area contributed by atoms with E-state index in [9.17, 15) is 4.79 Å². The topological polar surface area (TPSA) is 51.7 Å². The number of carbonyl (C=O) groups is 1. The molecule has 0 fully saturated rings. The van der Waals surface area contributed by atoms with Crippen LogP contribution < -0.4 is 4.74 Å². The Hall–Kier alpha value is -2.40. The van der Waals surface area contributed by atoms with E-state index < -0.39 is 0 Å². The number of hydroxylamine groups is 2. The molecule has 0 saturated carbocycles. The van der Waals surface area contributed by atoms with Crippen molar-refractivity contribution in [2.75, 3.05) is 14.2 Å². The molecule has 0 unspecified atom stereocenters. The first-order valence-electron chi connectivity index (χ1n) is 5.72. The van der Waals surface area contributed by atoms with E-state index in [1.54, 1.807) is 19.2 Å². The van der Waals surface area contributed by atoms with E-state index in [0.29, 0.717) is 17.2 Å². The average Bonchev–Trinajstić information content (AvgIpc) is 2.47. The van der Waals surface area contributed by atoms with Crippen LogP contribution in [0.1, 0.15) is 10.4 Å². The molecule has 1 amide bonds. The second kappa shape index (κ2) is 5.97. The molecular weight excluding hydrogens is 244 g/mol. The molecule has 5 nitrogen and oxygen atoms in total. The summed E-state index contributed by atoms with van der Waals surface area (Å²) in [5.74, 6) is 0.768. The molecule has 0 aliphatic rings. The Bertz CT molecular complexity index is 558. The molecule has 0 N–H and O–H groups in total. The van der Waals surface area contributed by atoms with Crippen LogP contribution in [-0.4, -0.2) is 30.1 Å². The molecule has 0 radical (unpaired) electrons. The van der Waals surface area contributed by atoms with Gasteiger partial charge in [-0.2, -0.15) is 0 Å². The minimum absolute atomic E-state index is 0.261. The Morgan fingerprint density at radius 1 is 1.21 bits per heavy atom. The molecule has 2 rings (SSSR count). The smallest absolute Gasteiger partial charge is 0.277 e. The summed E-state index contributed by atoms with van der Waals surface area (Å²) in [6.07, 6.45) is 1.52.